The maximum absolute atomic E-state index is 12.7. The van der Waals surface area contributed by atoms with Crippen LogP contribution in [0.15, 0.2) is 24.3 Å². The Bertz CT molecular complexity index is 482. The molecule has 2 N–H and O–H groups in total. The van der Waals surface area contributed by atoms with Crippen molar-refractivity contribution in [2.75, 3.05) is 11.9 Å². The molecular formula is C14H16FNO4. The molecule has 0 radical (unpaired) electrons. The van der Waals surface area contributed by atoms with Gasteiger partial charge in [0.1, 0.15) is 5.82 Å². The highest BCUT2D eigenvalue weighted by Crippen LogP contribution is 2.24. The van der Waals surface area contributed by atoms with Gasteiger partial charge in [-0.1, -0.05) is 0 Å². The number of anilines is 1. The number of carboxylic acids is 1. The zero-order valence-corrected chi connectivity index (χ0v) is 10.8. The molecule has 1 aromatic carbocycles. The summed E-state index contributed by atoms with van der Waals surface area (Å²) in [5, 5.41) is 11.7. The van der Waals surface area contributed by atoms with E-state index in [4.69, 9.17) is 4.74 Å². The van der Waals surface area contributed by atoms with Crippen LogP contribution in [0.1, 0.15) is 19.3 Å². The summed E-state index contributed by atoms with van der Waals surface area (Å²) in [5.41, 5.74) is 0.438. The number of benzene rings is 1. The average molecular weight is 281 g/mol. The number of carbonyl (C=O) groups is 2. The molecule has 0 aromatic heterocycles. The second-order valence-corrected chi connectivity index (χ2v) is 4.76. The maximum Gasteiger partial charge on any atom is 0.309 e. The molecule has 1 amide bonds. The van der Waals surface area contributed by atoms with E-state index >= 15 is 0 Å². The summed E-state index contributed by atoms with van der Waals surface area (Å²) < 4.78 is 18.1. The fraction of sp³-hybridized carbons (Fsp3) is 0.429. The van der Waals surface area contributed by atoms with E-state index < -0.39 is 29.7 Å². The molecule has 6 heteroatoms. The summed E-state index contributed by atoms with van der Waals surface area (Å²) in [7, 11) is 0. The van der Waals surface area contributed by atoms with Gasteiger partial charge in [0.15, 0.2) is 0 Å². The molecule has 1 aliphatic rings. The van der Waals surface area contributed by atoms with Crippen LogP contribution in [0.4, 0.5) is 10.1 Å². The van der Waals surface area contributed by atoms with Crippen molar-refractivity contribution >= 4 is 17.6 Å². The molecule has 2 atom stereocenters. The Labute approximate surface area is 115 Å². The fourth-order valence-electron chi connectivity index (χ4n) is 2.24. The first-order valence-electron chi connectivity index (χ1n) is 6.46. The van der Waals surface area contributed by atoms with Gasteiger partial charge in [-0.3, -0.25) is 9.59 Å². The van der Waals surface area contributed by atoms with Crippen molar-refractivity contribution in [3.8, 4) is 0 Å². The van der Waals surface area contributed by atoms with E-state index in [1.165, 1.54) is 24.3 Å². The lowest BCUT2D eigenvalue weighted by Gasteiger charge is -2.18. The van der Waals surface area contributed by atoms with Crippen LogP contribution < -0.4 is 5.32 Å². The number of nitrogens with one attached hydrogen (secondary N) is 1. The predicted molar refractivity (Wildman–Crippen MR) is 69.7 cm³/mol. The molecule has 1 heterocycles. The van der Waals surface area contributed by atoms with Gasteiger partial charge >= 0.3 is 5.97 Å². The number of rotatable bonds is 5. The van der Waals surface area contributed by atoms with Gasteiger partial charge in [-0.05, 0) is 37.1 Å². The molecular weight excluding hydrogens is 265 g/mol. The Morgan fingerprint density at radius 2 is 2.10 bits per heavy atom. The summed E-state index contributed by atoms with van der Waals surface area (Å²) in [4.78, 5) is 23.1. The topological polar surface area (TPSA) is 75.6 Å². The summed E-state index contributed by atoms with van der Waals surface area (Å²) in [5.74, 6) is -2.70. The predicted octanol–water partition coefficient (Wildman–Crippen LogP) is 2.03. The van der Waals surface area contributed by atoms with Crippen molar-refractivity contribution in [1.82, 2.24) is 0 Å². The zero-order valence-electron chi connectivity index (χ0n) is 10.8. The summed E-state index contributed by atoms with van der Waals surface area (Å²) in [6, 6.07) is 5.30. The van der Waals surface area contributed by atoms with Gasteiger partial charge in [0.2, 0.25) is 5.91 Å². The maximum atomic E-state index is 12.7. The monoisotopic (exact) mass is 281 g/mol. The van der Waals surface area contributed by atoms with Crippen molar-refractivity contribution < 1.29 is 23.8 Å². The first-order chi connectivity index (χ1) is 9.56. The molecule has 0 aliphatic carbocycles. The standard InChI is InChI=1S/C14H16FNO4/c15-9-3-5-10(6-4-9)16-13(17)8-11(14(18)19)12-2-1-7-20-12/h3-6,11-12H,1-2,7-8H2,(H,16,17)(H,18,19)/t11-,12+/m0/s1. The van der Waals surface area contributed by atoms with Crippen LogP contribution in [0.5, 0.6) is 0 Å². The number of halogens is 1. The minimum Gasteiger partial charge on any atom is -0.481 e. The van der Waals surface area contributed by atoms with Crippen LogP contribution in [0.2, 0.25) is 0 Å². The van der Waals surface area contributed by atoms with Gasteiger partial charge in [0, 0.05) is 18.7 Å². The van der Waals surface area contributed by atoms with Crippen LogP contribution in [-0.2, 0) is 14.3 Å². The number of hydrogen-bond acceptors (Lipinski definition) is 3. The highest BCUT2D eigenvalue weighted by Gasteiger charge is 2.33. The number of carbonyl (C=O) groups excluding carboxylic acids is 1. The Kier molecular flexibility index (Phi) is 4.68. The second kappa shape index (κ2) is 6.47. The summed E-state index contributed by atoms with van der Waals surface area (Å²) in [6.07, 6.45) is 0.901. The van der Waals surface area contributed by atoms with Crippen LogP contribution >= 0.6 is 0 Å². The highest BCUT2D eigenvalue weighted by molar-refractivity contribution is 5.93. The van der Waals surface area contributed by atoms with Crippen molar-refractivity contribution in [1.29, 1.82) is 0 Å². The van der Waals surface area contributed by atoms with E-state index in [1.54, 1.807) is 0 Å². The molecule has 2 rings (SSSR count). The van der Waals surface area contributed by atoms with Gasteiger partial charge in [-0.15, -0.1) is 0 Å². The number of hydrogen-bond donors (Lipinski definition) is 2. The van der Waals surface area contributed by atoms with Crippen molar-refractivity contribution in [2.45, 2.75) is 25.4 Å². The van der Waals surface area contributed by atoms with Gasteiger partial charge in [-0.2, -0.15) is 0 Å². The molecule has 1 aliphatic heterocycles. The van der Waals surface area contributed by atoms with Gasteiger partial charge in [-0.25, -0.2) is 4.39 Å². The SMILES string of the molecule is O=C(C[C@H](C(=O)O)[C@H]1CCCO1)Nc1ccc(F)cc1. The zero-order chi connectivity index (χ0) is 14.5. The van der Waals surface area contributed by atoms with Gasteiger partial charge < -0.3 is 15.2 Å². The molecule has 20 heavy (non-hydrogen) atoms. The average Bonchev–Trinajstić information content (AvgIpc) is 2.92. The molecule has 1 aromatic rings. The largest absolute Gasteiger partial charge is 0.481 e. The number of carboxylic acid groups (broad SMARTS) is 1. The van der Waals surface area contributed by atoms with Crippen molar-refractivity contribution in [3.05, 3.63) is 30.1 Å². The highest BCUT2D eigenvalue weighted by atomic mass is 19.1. The fourth-order valence-corrected chi connectivity index (χ4v) is 2.24. The van der Waals surface area contributed by atoms with Crippen LogP contribution in [0, 0.1) is 11.7 Å². The minimum absolute atomic E-state index is 0.155. The second-order valence-electron chi connectivity index (χ2n) is 4.76. The third-order valence-electron chi connectivity index (χ3n) is 3.26. The number of aliphatic carboxylic acids is 1. The van der Waals surface area contributed by atoms with Gasteiger partial charge in [0.05, 0.1) is 12.0 Å². The molecule has 0 bridgehead atoms. The van der Waals surface area contributed by atoms with Crippen molar-refractivity contribution in [2.24, 2.45) is 5.92 Å². The normalized spacial score (nSPS) is 19.6. The third kappa shape index (κ3) is 3.77. The third-order valence-corrected chi connectivity index (χ3v) is 3.26. The van der Waals surface area contributed by atoms with E-state index in [0.717, 1.165) is 6.42 Å². The van der Waals surface area contributed by atoms with Crippen LogP contribution in [0.3, 0.4) is 0 Å². The van der Waals surface area contributed by atoms with E-state index in [-0.39, 0.29) is 6.42 Å². The lowest BCUT2D eigenvalue weighted by Crippen LogP contribution is -2.31. The van der Waals surface area contributed by atoms with E-state index in [1.807, 2.05) is 0 Å². The quantitative estimate of drug-likeness (QED) is 0.866. The molecule has 108 valence electrons. The Morgan fingerprint density at radius 3 is 2.65 bits per heavy atom. The smallest absolute Gasteiger partial charge is 0.309 e. The van der Waals surface area contributed by atoms with Crippen LogP contribution in [-0.4, -0.2) is 29.7 Å². The molecule has 5 nitrogen and oxygen atoms in total. The molecule has 1 fully saturated rings. The first-order valence-corrected chi connectivity index (χ1v) is 6.46. The summed E-state index contributed by atoms with van der Waals surface area (Å²) >= 11 is 0. The number of amides is 1. The number of ether oxygens (including phenoxy) is 1. The molecule has 0 unspecified atom stereocenters. The Hall–Kier alpha value is -1.95. The first kappa shape index (κ1) is 14.5. The molecule has 1 saturated heterocycles. The Morgan fingerprint density at radius 1 is 1.40 bits per heavy atom. The minimum atomic E-state index is -1.04. The van der Waals surface area contributed by atoms with E-state index in [9.17, 15) is 19.1 Å². The summed E-state index contributed by atoms with van der Waals surface area (Å²) in [6.45, 7) is 0.536. The van der Waals surface area contributed by atoms with Crippen molar-refractivity contribution in [3.63, 3.8) is 0 Å². The lowest BCUT2D eigenvalue weighted by molar-refractivity contribution is -0.148. The Balaban J connectivity index is 1.94. The van der Waals surface area contributed by atoms with E-state index in [2.05, 4.69) is 5.32 Å². The van der Waals surface area contributed by atoms with Gasteiger partial charge in [0.25, 0.3) is 0 Å². The van der Waals surface area contributed by atoms with E-state index in [0.29, 0.717) is 18.7 Å². The molecule has 0 spiro atoms. The lowest BCUT2D eigenvalue weighted by atomic mass is 9.96. The van der Waals surface area contributed by atoms with Crippen LogP contribution in [0.25, 0.3) is 0 Å². The molecule has 0 saturated carbocycles.